The number of nitrogens with two attached hydrogens (primary N) is 1. The molecule has 0 saturated carbocycles. The predicted molar refractivity (Wildman–Crippen MR) is 76.0 cm³/mol. The third-order valence-electron chi connectivity index (χ3n) is 3.05. The Kier molecular flexibility index (Phi) is 3.60. The van der Waals surface area contributed by atoms with Crippen LogP contribution in [0.2, 0.25) is 0 Å². The zero-order valence-electron chi connectivity index (χ0n) is 11.4. The summed E-state index contributed by atoms with van der Waals surface area (Å²) >= 11 is 0. The standard InChI is InChI=1S/C15H18N2O2/c1-10(2)17-8-7-13(14(17)15(18)19-3)11-5-4-6-12(16)9-11/h4-10H,16H2,1-3H3. The molecule has 0 spiro atoms. The van der Waals surface area contributed by atoms with Gasteiger partial charge in [0, 0.05) is 23.5 Å². The van der Waals surface area contributed by atoms with E-state index in [-0.39, 0.29) is 12.0 Å². The molecule has 1 aromatic carbocycles. The number of carbonyl (C=O) groups is 1. The average Bonchev–Trinajstić information content (AvgIpc) is 2.82. The van der Waals surface area contributed by atoms with Gasteiger partial charge in [-0.3, -0.25) is 0 Å². The molecule has 1 aromatic heterocycles. The molecule has 0 bridgehead atoms. The fourth-order valence-corrected chi connectivity index (χ4v) is 2.13. The van der Waals surface area contributed by atoms with E-state index in [4.69, 9.17) is 10.5 Å². The summed E-state index contributed by atoms with van der Waals surface area (Å²) in [6.07, 6.45) is 1.90. The summed E-state index contributed by atoms with van der Waals surface area (Å²) in [5.74, 6) is -0.337. The maximum atomic E-state index is 12.0. The molecule has 4 nitrogen and oxygen atoms in total. The molecular weight excluding hydrogens is 240 g/mol. The molecule has 19 heavy (non-hydrogen) atoms. The van der Waals surface area contributed by atoms with Crippen molar-refractivity contribution in [2.45, 2.75) is 19.9 Å². The number of rotatable bonds is 3. The molecule has 4 heteroatoms. The zero-order valence-corrected chi connectivity index (χ0v) is 11.4. The van der Waals surface area contributed by atoms with E-state index in [1.165, 1.54) is 7.11 Å². The Morgan fingerprint density at radius 3 is 2.63 bits per heavy atom. The number of hydrogen-bond donors (Lipinski definition) is 1. The van der Waals surface area contributed by atoms with E-state index in [1.807, 2.05) is 54.9 Å². The van der Waals surface area contributed by atoms with Crippen LogP contribution in [0.25, 0.3) is 11.1 Å². The summed E-state index contributed by atoms with van der Waals surface area (Å²) in [7, 11) is 1.39. The van der Waals surface area contributed by atoms with Crippen molar-refractivity contribution in [2.24, 2.45) is 0 Å². The molecular formula is C15H18N2O2. The minimum atomic E-state index is -0.337. The Morgan fingerprint density at radius 2 is 2.05 bits per heavy atom. The van der Waals surface area contributed by atoms with Gasteiger partial charge in [-0.1, -0.05) is 12.1 Å². The van der Waals surface area contributed by atoms with Crippen LogP contribution in [0.5, 0.6) is 0 Å². The molecule has 0 aliphatic heterocycles. The van der Waals surface area contributed by atoms with Crippen LogP contribution >= 0.6 is 0 Å². The monoisotopic (exact) mass is 258 g/mol. The number of methoxy groups -OCH3 is 1. The van der Waals surface area contributed by atoms with Gasteiger partial charge in [0.2, 0.25) is 0 Å². The largest absolute Gasteiger partial charge is 0.464 e. The summed E-state index contributed by atoms with van der Waals surface area (Å²) in [5.41, 5.74) is 8.79. The lowest BCUT2D eigenvalue weighted by atomic mass is 10.1. The van der Waals surface area contributed by atoms with E-state index >= 15 is 0 Å². The van der Waals surface area contributed by atoms with Crippen molar-refractivity contribution in [3.05, 3.63) is 42.2 Å². The number of carbonyl (C=O) groups excluding carboxylic acids is 1. The highest BCUT2D eigenvalue weighted by atomic mass is 16.5. The van der Waals surface area contributed by atoms with Gasteiger partial charge in [0.25, 0.3) is 0 Å². The smallest absolute Gasteiger partial charge is 0.355 e. The first-order chi connectivity index (χ1) is 9.04. The molecule has 1 heterocycles. The van der Waals surface area contributed by atoms with E-state index in [0.717, 1.165) is 11.1 Å². The molecule has 0 amide bonds. The van der Waals surface area contributed by atoms with Crippen molar-refractivity contribution < 1.29 is 9.53 Å². The van der Waals surface area contributed by atoms with Gasteiger partial charge in [0.1, 0.15) is 5.69 Å². The summed E-state index contributed by atoms with van der Waals surface area (Å²) in [6, 6.07) is 9.58. The number of aromatic nitrogens is 1. The summed E-state index contributed by atoms with van der Waals surface area (Å²) in [5, 5.41) is 0. The van der Waals surface area contributed by atoms with Crippen LogP contribution in [0.4, 0.5) is 5.69 Å². The molecule has 0 fully saturated rings. The Hall–Kier alpha value is -2.23. The van der Waals surface area contributed by atoms with Gasteiger partial charge in [-0.2, -0.15) is 0 Å². The molecule has 0 aliphatic carbocycles. The number of hydrogen-bond acceptors (Lipinski definition) is 3. The van der Waals surface area contributed by atoms with Crippen LogP contribution in [0.1, 0.15) is 30.4 Å². The Morgan fingerprint density at radius 1 is 1.32 bits per heavy atom. The summed E-state index contributed by atoms with van der Waals surface area (Å²) < 4.78 is 6.79. The van der Waals surface area contributed by atoms with Crippen molar-refractivity contribution in [3.8, 4) is 11.1 Å². The first-order valence-electron chi connectivity index (χ1n) is 6.19. The first-order valence-corrected chi connectivity index (χ1v) is 6.19. The lowest BCUT2D eigenvalue weighted by molar-refractivity contribution is 0.0587. The molecule has 0 unspecified atom stereocenters. The fourth-order valence-electron chi connectivity index (χ4n) is 2.13. The van der Waals surface area contributed by atoms with E-state index in [1.54, 1.807) is 0 Å². The number of esters is 1. The van der Waals surface area contributed by atoms with Crippen molar-refractivity contribution in [2.75, 3.05) is 12.8 Å². The molecule has 0 radical (unpaired) electrons. The Bertz CT molecular complexity index is 600. The number of benzene rings is 1. The quantitative estimate of drug-likeness (QED) is 0.679. The molecule has 100 valence electrons. The highest BCUT2D eigenvalue weighted by molar-refractivity contribution is 5.96. The van der Waals surface area contributed by atoms with E-state index in [2.05, 4.69) is 0 Å². The second-order valence-electron chi connectivity index (χ2n) is 4.70. The van der Waals surface area contributed by atoms with Crippen LogP contribution < -0.4 is 5.73 Å². The van der Waals surface area contributed by atoms with Gasteiger partial charge >= 0.3 is 5.97 Å². The number of anilines is 1. The van der Waals surface area contributed by atoms with Crippen LogP contribution in [-0.2, 0) is 4.74 Å². The van der Waals surface area contributed by atoms with Gasteiger partial charge < -0.3 is 15.0 Å². The Balaban J connectivity index is 2.61. The van der Waals surface area contributed by atoms with Gasteiger partial charge in [0.05, 0.1) is 7.11 Å². The van der Waals surface area contributed by atoms with Crippen molar-refractivity contribution in [1.29, 1.82) is 0 Å². The highest BCUT2D eigenvalue weighted by Gasteiger charge is 2.20. The number of nitrogen functional groups attached to an aromatic ring is 1. The second kappa shape index (κ2) is 5.18. The van der Waals surface area contributed by atoms with E-state index < -0.39 is 0 Å². The van der Waals surface area contributed by atoms with Crippen LogP contribution in [-0.4, -0.2) is 17.6 Å². The van der Waals surface area contributed by atoms with Crippen molar-refractivity contribution in [1.82, 2.24) is 4.57 Å². The normalized spacial score (nSPS) is 10.7. The highest BCUT2D eigenvalue weighted by Crippen LogP contribution is 2.28. The minimum absolute atomic E-state index is 0.184. The first kappa shape index (κ1) is 13.2. The van der Waals surface area contributed by atoms with E-state index in [0.29, 0.717) is 11.4 Å². The van der Waals surface area contributed by atoms with Gasteiger partial charge in [-0.15, -0.1) is 0 Å². The molecule has 0 saturated heterocycles. The van der Waals surface area contributed by atoms with Gasteiger partial charge in [0.15, 0.2) is 0 Å². The lowest BCUT2D eigenvalue weighted by Crippen LogP contribution is -2.12. The van der Waals surface area contributed by atoms with E-state index in [9.17, 15) is 4.79 Å². The topological polar surface area (TPSA) is 57.2 Å². The number of nitrogens with zero attached hydrogens (tertiary/aromatic N) is 1. The molecule has 2 aromatic rings. The average molecular weight is 258 g/mol. The molecule has 0 aliphatic rings. The van der Waals surface area contributed by atoms with Crippen molar-refractivity contribution >= 4 is 11.7 Å². The number of ether oxygens (including phenoxy) is 1. The SMILES string of the molecule is COC(=O)c1c(-c2cccc(N)c2)ccn1C(C)C. The third-order valence-corrected chi connectivity index (χ3v) is 3.05. The van der Waals surface area contributed by atoms with Crippen LogP contribution in [0.3, 0.4) is 0 Å². The van der Waals surface area contributed by atoms with Crippen LogP contribution in [0, 0.1) is 0 Å². The predicted octanol–water partition coefficient (Wildman–Crippen LogP) is 3.10. The maximum Gasteiger partial charge on any atom is 0.355 e. The van der Waals surface area contributed by atoms with Crippen molar-refractivity contribution in [3.63, 3.8) is 0 Å². The minimum Gasteiger partial charge on any atom is -0.464 e. The van der Waals surface area contributed by atoms with Gasteiger partial charge in [-0.25, -0.2) is 4.79 Å². The lowest BCUT2D eigenvalue weighted by Gasteiger charge is -2.13. The van der Waals surface area contributed by atoms with Crippen LogP contribution in [0.15, 0.2) is 36.5 Å². The maximum absolute atomic E-state index is 12.0. The summed E-state index contributed by atoms with van der Waals surface area (Å²) in [6.45, 7) is 4.05. The Labute approximate surface area is 112 Å². The summed E-state index contributed by atoms with van der Waals surface area (Å²) in [4.78, 5) is 12.0. The zero-order chi connectivity index (χ0) is 14.0. The second-order valence-corrected chi connectivity index (χ2v) is 4.70. The molecule has 2 rings (SSSR count). The molecule has 2 N–H and O–H groups in total. The fraction of sp³-hybridized carbons (Fsp3) is 0.267. The molecule has 0 atom stereocenters. The third kappa shape index (κ3) is 2.47. The van der Waals surface area contributed by atoms with Gasteiger partial charge in [-0.05, 0) is 37.6 Å².